The molecular weight excluding hydrogens is 238 g/mol. The summed E-state index contributed by atoms with van der Waals surface area (Å²) >= 11 is 1.75. The van der Waals surface area contributed by atoms with E-state index in [0.717, 1.165) is 11.3 Å². The van der Waals surface area contributed by atoms with Gasteiger partial charge < -0.3 is 5.73 Å². The predicted octanol–water partition coefficient (Wildman–Crippen LogP) is 4.85. The molecule has 2 aromatic carbocycles. The van der Waals surface area contributed by atoms with E-state index in [1.165, 1.54) is 15.4 Å². The minimum Gasteiger partial charge on any atom is -0.398 e. The molecule has 0 unspecified atom stereocenters. The summed E-state index contributed by atoms with van der Waals surface area (Å²) in [5, 5.41) is 0. The van der Waals surface area contributed by atoms with Crippen molar-refractivity contribution in [2.45, 2.75) is 36.5 Å². The van der Waals surface area contributed by atoms with Crippen LogP contribution in [0.2, 0.25) is 0 Å². The van der Waals surface area contributed by atoms with Gasteiger partial charge in [0, 0.05) is 15.5 Å². The van der Waals surface area contributed by atoms with Crippen LogP contribution in [0.4, 0.5) is 5.69 Å². The third kappa shape index (κ3) is 3.08. The first kappa shape index (κ1) is 13.0. The molecule has 0 radical (unpaired) electrons. The molecule has 1 nitrogen and oxygen atoms in total. The van der Waals surface area contributed by atoms with Crippen molar-refractivity contribution in [3.63, 3.8) is 0 Å². The molecule has 18 heavy (non-hydrogen) atoms. The largest absolute Gasteiger partial charge is 0.398 e. The van der Waals surface area contributed by atoms with Crippen molar-refractivity contribution in [3.05, 3.63) is 53.6 Å². The lowest BCUT2D eigenvalue weighted by Crippen LogP contribution is -1.89. The van der Waals surface area contributed by atoms with E-state index in [9.17, 15) is 0 Å². The molecule has 2 rings (SSSR count). The fourth-order valence-electron chi connectivity index (χ4n) is 1.74. The molecule has 0 fully saturated rings. The first-order valence-corrected chi connectivity index (χ1v) is 7.02. The lowest BCUT2D eigenvalue weighted by molar-refractivity contribution is 0.865. The normalized spacial score (nSPS) is 10.9. The molecule has 0 aromatic heterocycles. The summed E-state index contributed by atoms with van der Waals surface area (Å²) in [5.41, 5.74) is 9.30. The maximum Gasteiger partial charge on any atom is 0.0355 e. The minimum absolute atomic E-state index is 0.582. The molecule has 0 saturated carbocycles. The van der Waals surface area contributed by atoms with Crippen LogP contribution in [0.15, 0.2) is 52.3 Å². The number of benzene rings is 2. The third-order valence-electron chi connectivity index (χ3n) is 3.03. The summed E-state index contributed by atoms with van der Waals surface area (Å²) in [6.07, 6.45) is 0. The Kier molecular flexibility index (Phi) is 3.97. The van der Waals surface area contributed by atoms with Crippen LogP contribution in [-0.2, 0) is 0 Å². The van der Waals surface area contributed by atoms with Crippen molar-refractivity contribution in [1.82, 2.24) is 0 Å². The van der Waals surface area contributed by atoms with Crippen LogP contribution < -0.4 is 5.73 Å². The van der Waals surface area contributed by atoms with Crippen LogP contribution in [-0.4, -0.2) is 0 Å². The van der Waals surface area contributed by atoms with Gasteiger partial charge >= 0.3 is 0 Å². The second-order valence-corrected chi connectivity index (χ2v) is 5.99. The van der Waals surface area contributed by atoms with Crippen LogP contribution in [0.25, 0.3) is 0 Å². The number of aryl methyl sites for hydroxylation is 1. The van der Waals surface area contributed by atoms with E-state index in [1.54, 1.807) is 11.8 Å². The van der Waals surface area contributed by atoms with Gasteiger partial charge in [-0.05, 0) is 48.2 Å². The first-order chi connectivity index (χ1) is 8.56. The Bertz CT molecular complexity index is 529. The smallest absolute Gasteiger partial charge is 0.0355 e. The standard InChI is InChI=1S/C16H19NS/c1-11(2)13-5-8-14(9-6-13)18-15-7-4-12(3)16(17)10-15/h4-11H,17H2,1-3H3. The van der Waals surface area contributed by atoms with Crippen molar-refractivity contribution < 1.29 is 0 Å². The van der Waals surface area contributed by atoms with Gasteiger partial charge in [0.2, 0.25) is 0 Å². The molecule has 0 saturated heterocycles. The lowest BCUT2D eigenvalue weighted by atomic mass is 10.0. The topological polar surface area (TPSA) is 26.0 Å². The Morgan fingerprint density at radius 2 is 1.56 bits per heavy atom. The lowest BCUT2D eigenvalue weighted by Gasteiger charge is -2.08. The highest BCUT2D eigenvalue weighted by atomic mass is 32.2. The zero-order chi connectivity index (χ0) is 13.1. The van der Waals surface area contributed by atoms with Gasteiger partial charge in [-0.15, -0.1) is 0 Å². The summed E-state index contributed by atoms with van der Waals surface area (Å²) in [6.45, 7) is 6.45. The van der Waals surface area contributed by atoms with E-state index in [2.05, 4.69) is 50.2 Å². The quantitative estimate of drug-likeness (QED) is 0.795. The van der Waals surface area contributed by atoms with Gasteiger partial charge in [0.05, 0.1) is 0 Å². The summed E-state index contributed by atoms with van der Waals surface area (Å²) in [5.74, 6) is 0.582. The van der Waals surface area contributed by atoms with E-state index in [0.29, 0.717) is 5.92 Å². The first-order valence-electron chi connectivity index (χ1n) is 6.20. The monoisotopic (exact) mass is 257 g/mol. The molecule has 0 aliphatic carbocycles. The highest BCUT2D eigenvalue weighted by Crippen LogP contribution is 2.30. The predicted molar refractivity (Wildman–Crippen MR) is 80.2 cm³/mol. The van der Waals surface area contributed by atoms with Crippen molar-refractivity contribution >= 4 is 17.4 Å². The van der Waals surface area contributed by atoms with Crippen LogP contribution >= 0.6 is 11.8 Å². The van der Waals surface area contributed by atoms with Crippen LogP contribution in [0.1, 0.15) is 30.9 Å². The number of rotatable bonds is 3. The Morgan fingerprint density at radius 1 is 0.944 bits per heavy atom. The van der Waals surface area contributed by atoms with E-state index in [1.807, 2.05) is 13.0 Å². The van der Waals surface area contributed by atoms with Crippen LogP contribution in [0, 0.1) is 6.92 Å². The molecular formula is C16H19NS. The minimum atomic E-state index is 0.582. The molecule has 94 valence electrons. The Hall–Kier alpha value is -1.41. The molecule has 0 atom stereocenters. The van der Waals surface area contributed by atoms with Gasteiger partial charge in [0.25, 0.3) is 0 Å². The molecule has 2 aromatic rings. The van der Waals surface area contributed by atoms with E-state index in [-0.39, 0.29) is 0 Å². The van der Waals surface area contributed by atoms with Crippen molar-refractivity contribution in [1.29, 1.82) is 0 Å². The van der Waals surface area contributed by atoms with Gasteiger partial charge in [0.15, 0.2) is 0 Å². The van der Waals surface area contributed by atoms with Gasteiger partial charge in [-0.2, -0.15) is 0 Å². The van der Waals surface area contributed by atoms with Crippen LogP contribution in [0.3, 0.4) is 0 Å². The molecule has 2 heteroatoms. The summed E-state index contributed by atoms with van der Waals surface area (Å²) < 4.78 is 0. The van der Waals surface area contributed by atoms with Crippen molar-refractivity contribution in [2.24, 2.45) is 0 Å². The second-order valence-electron chi connectivity index (χ2n) is 4.84. The molecule has 0 aliphatic heterocycles. The summed E-state index contributed by atoms with van der Waals surface area (Å²) in [7, 11) is 0. The summed E-state index contributed by atoms with van der Waals surface area (Å²) in [6, 6.07) is 15.0. The van der Waals surface area contributed by atoms with E-state index >= 15 is 0 Å². The number of hydrogen-bond donors (Lipinski definition) is 1. The fourth-order valence-corrected chi connectivity index (χ4v) is 2.61. The number of hydrogen-bond acceptors (Lipinski definition) is 2. The van der Waals surface area contributed by atoms with Gasteiger partial charge in [0.1, 0.15) is 0 Å². The highest BCUT2D eigenvalue weighted by Gasteiger charge is 2.02. The molecule has 0 heterocycles. The maximum atomic E-state index is 5.92. The Labute approximate surface area is 113 Å². The molecule has 0 bridgehead atoms. The zero-order valence-corrected chi connectivity index (χ0v) is 11.9. The van der Waals surface area contributed by atoms with Gasteiger partial charge in [-0.25, -0.2) is 0 Å². The maximum absolute atomic E-state index is 5.92. The zero-order valence-electron chi connectivity index (χ0n) is 11.1. The van der Waals surface area contributed by atoms with E-state index < -0.39 is 0 Å². The average molecular weight is 257 g/mol. The van der Waals surface area contributed by atoms with Crippen molar-refractivity contribution in [2.75, 3.05) is 5.73 Å². The second kappa shape index (κ2) is 5.49. The third-order valence-corrected chi connectivity index (χ3v) is 4.03. The van der Waals surface area contributed by atoms with Gasteiger partial charge in [-0.3, -0.25) is 0 Å². The molecule has 0 spiro atoms. The summed E-state index contributed by atoms with van der Waals surface area (Å²) in [4.78, 5) is 2.44. The Balaban J connectivity index is 2.15. The molecule has 2 N–H and O–H groups in total. The SMILES string of the molecule is Cc1ccc(Sc2ccc(C(C)C)cc2)cc1N. The number of nitrogens with two attached hydrogens (primary N) is 1. The number of nitrogen functional groups attached to an aromatic ring is 1. The highest BCUT2D eigenvalue weighted by molar-refractivity contribution is 7.99. The number of anilines is 1. The van der Waals surface area contributed by atoms with Crippen LogP contribution in [0.5, 0.6) is 0 Å². The van der Waals surface area contributed by atoms with Crippen molar-refractivity contribution in [3.8, 4) is 0 Å². The molecule has 0 amide bonds. The Morgan fingerprint density at radius 3 is 2.11 bits per heavy atom. The van der Waals surface area contributed by atoms with E-state index in [4.69, 9.17) is 5.73 Å². The van der Waals surface area contributed by atoms with Gasteiger partial charge in [-0.1, -0.05) is 43.8 Å². The average Bonchev–Trinajstić information content (AvgIpc) is 2.34. The molecule has 0 aliphatic rings. The fraction of sp³-hybridized carbons (Fsp3) is 0.250.